The number of hydrogen-bond acceptors (Lipinski definition) is 17. The number of nitrogens with one attached hydrogen (secondary N) is 11. The van der Waals surface area contributed by atoms with Crippen LogP contribution in [0.1, 0.15) is 189 Å². The van der Waals surface area contributed by atoms with Crippen molar-refractivity contribution < 1.29 is 52.7 Å². The number of aromatic nitrogens is 1. The normalized spacial score (nSPS) is 15.0. The first-order valence-corrected chi connectivity index (χ1v) is 37.3. The Kier molecular flexibility index (Phi) is 42.2. The van der Waals surface area contributed by atoms with Crippen LogP contribution in [-0.2, 0) is 65.6 Å². The first-order valence-electron chi connectivity index (χ1n) is 37.3. The summed E-state index contributed by atoms with van der Waals surface area (Å²) >= 11 is 0. The van der Waals surface area contributed by atoms with Crippen molar-refractivity contribution in [1.29, 1.82) is 0 Å². The van der Waals surface area contributed by atoms with E-state index in [0.717, 1.165) is 16.5 Å². The maximum absolute atomic E-state index is 15.0. The van der Waals surface area contributed by atoms with E-state index in [0.29, 0.717) is 95.8 Å². The number of rotatable bonds is 53. The quantitative estimate of drug-likeness (QED) is 0.0356. The number of hydrogen-bond donors (Lipinski definition) is 18. The predicted octanol–water partition coefficient (Wildman–Crippen LogP) is 1.44. The SMILES string of the molecule is CC[C@H](C)[C@H](NC(=O)[C@H](CCCCN)NC(=O)[C@H](CC(C)C)NC(=O)[C@H](CCCCN)NC(=O)[C@H](CCCCN)NC(=O)[C@H](Cc1ccccc1)NC(=O)[C@H](CC(C)C)NC(=O)[C@H](CCCCN)NC(=O)[C@H](CCCCN)NC(=O)[C@@H](N)Cc1c[nH]c2ccccc12)C(=O)N[C@@H](CC(C)C)C(N)=O. The molecule has 0 saturated carbocycles. The zero-order chi connectivity index (χ0) is 76.6. The predicted molar refractivity (Wildman–Crippen MR) is 401 cm³/mol. The lowest BCUT2D eigenvalue weighted by Crippen LogP contribution is -2.61. The van der Waals surface area contributed by atoms with Gasteiger partial charge in [-0.3, -0.25) is 52.7 Å². The topological polar surface area (TPSA) is 506 Å². The van der Waals surface area contributed by atoms with Gasteiger partial charge in [-0.2, -0.15) is 0 Å². The Morgan fingerprint density at radius 1 is 0.369 bits per heavy atom. The number of H-pyrrole nitrogens is 1. The van der Waals surface area contributed by atoms with Crippen LogP contribution >= 0.6 is 0 Å². The van der Waals surface area contributed by atoms with Crippen LogP contribution in [0.5, 0.6) is 0 Å². The van der Waals surface area contributed by atoms with Gasteiger partial charge in [0.2, 0.25) is 65.0 Å². The van der Waals surface area contributed by atoms with Crippen molar-refractivity contribution in [3.63, 3.8) is 0 Å². The Labute approximate surface area is 609 Å². The fraction of sp³-hybridized carbons (Fsp3) is 0.662. The molecule has 3 rings (SSSR count). The molecular weight excluding hydrogens is 1320 g/mol. The Morgan fingerprint density at radius 3 is 1.07 bits per heavy atom. The summed E-state index contributed by atoms with van der Waals surface area (Å²) in [6.45, 7) is 16.2. The van der Waals surface area contributed by atoms with Crippen molar-refractivity contribution in [2.45, 2.75) is 257 Å². The molecule has 0 fully saturated rings. The van der Waals surface area contributed by atoms with E-state index >= 15 is 0 Å². The summed E-state index contributed by atoms with van der Waals surface area (Å²) in [6, 6.07) is 3.37. The van der Waals surface area contributed by atoms with Gasteiger partial charge in [0.25, 0.3) is 0 Å². The fourth-order valence-electron chi connectivity index (χ4n) is 12.0. The Hall–Kier alpha value is -8.09. The second-order valence-electron chi connectivity index (χ2n) is 28.5. The monoisotopic (exact) mass is 1440 g/mol. The Morgan fingerprint density at radius 2 is 0.689 bits per heavy atom. The molecule has 0 aliphatic heterocycles. The van der Waals surface area contributed by atoms with Gasteiger partial charge in [0.15, 0.2) is 0 Å². The maximum Gasteiger partial charge on any atom is 0.243 e. The summed E-state index contributed by atoms with van der Waals surface area (Å²) < 4.78 is 0. The van der Waals surface area contributed by atoms with Gasteiger partial charge in [0.1, 0.15) is 60.4 Å². The van der Waals surface area contributed by atoms with Crippen LogP contribution in [-0.4, -0.2) is 169 Å². The molecule has 0 spiro atoms. The standard InChI is InChI=1S/C74H126N18O11/c1-9-48(8)63(74(103)88-59(64(81)93)39-45(2)3)92-70(99)58(33-19-24-38-79)87-71(100)60(40-46(4)5)89-68(97)57(32-18-23-37-78)85-67(96)55(30-16-21-35-76)86-73(102)62(42-49-25-11-10-12-26-49)91-72(101)61(41-47(6)7)90-69(98)56(31-17-22-36-77)84-66(95)54(29-15-20-34-75)83-65(94)52(80)43-50-44-82-53-28-14-13-27-51(50)53/h10-14,25-28,44-48,52,54-63,82H,9,15-24,29-43,75-80H2,1-8H3,(H2,81,93)(H,83,94)(H,84,95)(H,85,96)(H,86,102)(H,87,100)(H,88,103)(H,89,97)(H,90,98)(H,91,101)(H,92,99)/t48-,52-,54-,55-,56-,57-,58-,59-,60-,61-,62-,63-/m0/s1. The van der Waals surface area contributed by atoms with Crippen molar-refractivity contribution in [2.75, 3.05) is 32.7 Å². The number of carbonyl (C=O) groups excluding carboxylic acids is 11. The molecule has 0 unspecified atom stereocenters. The molecule has 29 heteroatoms. The number of amides is 11. The molecular formula is C74H126N18O11. The van der Waals surface area contributed by atoms with Crippen LogP contribution < -0.4 is 93.3 Å². The lowest BCUT2D eigenvalue weighted by Gasteiger charge is -2.30. The molecule has 1 heterocycles. The second-order valence-corrected chi connectivity index (χ2v) is 28.5. The van der Waals surface area contributed by atoms with Crippen molar-refractivity contribution in [1.82, 2.24) is 58.2 Å². The highest BCUT2D eigenvalue weighted by molar-refractivity contribution is 5.99. The van der Waals surface area contributed by atoms with Gasteiger partial charge in [0.05, 0.1) is 6.04 Å². The molecule has 0 saturated heterocycles. The number of nitrogens with two attached hydrogens (primary N) is 7. The number of aromatic amines is 1. The van der Waals surface area contributed by atoms with Crippen molar-refractivity contribution in [2.24, 2.45) is 63.8 Å². The largest absolute Gasteiger partial charge is 0.368 e. The summed E-state index contributed by atoms with van der Waals surface area (Å²) in [5.74, 6) is -8.40. The molecule has 11 amide bonds. The molecule has 0 radical (unpaired) electrons. The third-order valence-corrected chi connectivity index (χ3v) is 18.1. The van der Waals surface area contributed by atoms with Crippen LogP contribution in [0.3, 0.4) is 0 Å². The summed E-state index contributed by atoms with van der Waals surface area (Å²) in [4.78, 5) is 160. The molecule has 12 atom stereocenters. The second kappa shape index (κ2) is 48.8. The Balaban J connectivity index is 1.97. The number of para-hydroxylation sites is 1. The van der Waals surface area contributed by atoms with Gasteiger partial charge in [-0.25, -0.2) is 0 Å². The molecule has 1 aromatic heterocycles. The van der Waals surface area contributed by atoms with E-state index < -0.39 is 137 Å². The van der Waals surface area contributed by atoms with Gasteiger partial charge in [-0.15, -0.1) is 0 Å². The molecule has 103 heavy (non-hydrogen) atoms. The van der Waals surface area contributed by atoms with E-state index in [4.69, 9.17) is 40.1 Å². The van der Waals surface area contributed by atoms with Crippen LogP contribution in [0.4, 0.5) is 0 Å². The zero-order valence-electron chi connectivity index (χ0n) is 62.4. The molecule has 2 aromatic carbocycles. The average molecular weight is 1440 g/mol. The zero-order valence-corrected chi connectivity index (χ0v) is 62.4. The summed E-state index contributed by atoms with van der Waals surface area (Å²) in [7, 11) is 0. The highest BCUT2D eigenvalue weighted by Crippen LogP contribution is 2.21. The maximum atomic E-state index is 15.0. The fourth-order valence-corrected chi connectivity index (χ4v) is 12.0. The number of fused-ring (bicyclic) bond motifs is 1. The first-order chi connectivity index (χ1) is 49.1. The van der Waals surface area contributed by atoms with Crippen molar-refractivity contribution >= 4 is 75.9 Å². The highest BCUT2D eigenvalue weighted by atomic mass is 16.2. The van der Waals surface area contributed by atoms with E-state index in [2.05, 4.69) is 58.2 Å². The minimum absolute atomic E-state index is 0.0123. The summed E-state index contributed by atoms with van der Waals surface area (Å²) in [5.41, 5.74) is 43.9. The third kappa shape index (κ3) is 33.1. The minimum atomic E-state index is -1.35. The lowest BCUT2D eigenvalue weighted by molar-refractivity contribution is -0.136. The number of carbonyl (C=O) groups is 11. The molecule has 25 N–H and O–H groups in total. The molecule has 578 valence electrons. The molecule has 29 nitrogen and oxygen atoms in total. The van der Waals surface area contributed by atoms with Crippen molar-refractivity contribution in [3.05, 3.63) is 71.9 Å². The van der Waals surface area contributed by atoms with Crippen LogP contribution in [0.15, 0.2) is 60.8 Å². The molecule has 0 bridgehead atoms. The van der Waals surface area contributed by atoms with Gasteiger partial charge >= 0.3 is 0 Å². The Bertz CT molecular complexity index is 3100. The average Bonchev–Trinajstić information content (AvgIpc) is 1.64. The molecule has 0 aliphatic rings. The highest BCUT2D eigenvalue weighted by Gasteiger charge is 2.38. The third-order valence-electron chi connectivity index (χ3n) is 18.1. The molecule has 3 aromatic rings. The van der Waals surface area contributed by atoms with E-state index in [1.165, 1.54) is 0 Å². The van der Waals surface area contributed by atoms with Gasteiger partial charge < -0.3 is 98.3 Å². The van der Waals surface area contributed by atoms with Crippen molar-refractivity contribution in [3.8, 4) is 0 Å². The van der Waals surface area contributed by atoms with E-state index in [1.54, 1.807) is 43.5 Å². The van der Waals surface area contributed by atoms with E-state index in [-0.39, 0.29) is 95.1 Å². The van der Waals surface area contributed by atoms with E-state index in [9.17, 15) is 52.7 Å². The lowest BCUT2D eigenvalue weighted by atomic mass is 9.96. The minimum Gasteiger partial charge on any atom is -0.368 e. The number of primary amides is 1. The van der Waals surface area contributed by atoms with Crippen LogP contribution in [0.2, 0.25) is 0 Å². The van der Waals surface area contributed by atoms with Crippen LogP contribution in [0, 0.1) is 23.7 Å². The first kappa shape index (κ1) is 89.1. The van der Waals surface area contributed by atoms with E-state index in [1.807, 2.05) is 72.7 Å². The van der Waals surface area contributed by atoms with Gasteiger partial charge in [0, 0.05) is 23.5 Å². The molecule has 0 aliphatic carbocycles. The van der Waals surface area contributed by atoms with Gasteiger partial charge in [-0.05, 0) is 196 Å². The summed E-state index contributed by atoms with van der Waals surface area (Å²) in [5, 5.41) is 29.2. The number of benzene rings is 2. The van der Waals surface area contributed by atoms with Crippen LogP contribution in [0.25, 0.3) is 10.9 Å². The smallest absolute Gasteiger partial charge is 0.243 e. The number of unbranched alkanes of at least 4 members (excludes halogenated alkanes) is 5. The van der Waals surface area contributed by atoms with Gasteiger partial charge in [-0.1, -0.05) is 110 Å². The summed E-state index contributed by atoms with van der Waals surface area (Å²) in [6.07, 6.45) is 7.84.